The fourth-order valence-corrected chi connectivity index (χ4v) is 4.09. The molecule has 98 valence electrons. The highest BCUT2D eigenvalue weighted by molar-refractivity contribution is 7.89. The van der Waals surface area contributed by atoms with E-state index in [1.807, 2.05) is 0 Å². The number of rotatable bonds is 3. The second-order valence-corrected chi connectivity index (χ2v) is 6.83. The predicted molar refractivity (Wildman–Crippen MR) is 65.4 cm³/mol. The van der Waals surface area contributed by atoms with Gasteiger partial charge in [0, 0.05) is 11.1 Å². The fourth-order valence-electron chi connectivity index (χ4n) is 2.53. The van der Waals surface area contributed by atoms with E-state index in [0.717, 1.165) is 19.2 Å². The van der Waals surface area contributed by atoms with Crippen LogP contribution in [-0.4, -0.2) is 27.5 Å². The largest absolute Gasteiger partial charge is 0.316 e. The fraction of sp³-hybridized carbons (Fsp3) is 0.455. The van der Waals surface area contributed by atoms with Gasteiger partial charge in [-0.3, -0.25) is 0 Å². The molecule has 1 saturated carbocycles. The number of halogens is 2. The maximum atomic E-state index is 13.6. The first kappa shape index (κ1) is 12.3. The molecule has 0 bridgehead atoms. The van der Waals surface area contributed by atoms with Crippen molar-refractivity contribution < 1.29 is 12.8 Å². The first-order valence-electron chi connectivity index (χ1n) is 5.67. The molecule has 2 aliphatic rings. The molecule has 2 atom stereocenters. The number of nitrogens with one attached hydrogen (secondary N) is 2. The van der Waals surface area contributed by atoms with E-state index in [2.05, 4.69) is 10.0 Å². The van der Waals surface area contributed by atoms with Gasteiger partial charge in [0.05, 0.1) is 0 Å². The minimum absolute atomic E-state index is 0.0636. The number of sulfonamides is 1. The standard InChI is InChI=1S/C11H12ClFN2O2S/c12-6-1-2-10(9(13)3-6)18(16,17)15-11-7-4-14-5-8(7)11/h1-3,7-8,11,14-15H,4-5H2. The van der Waals surface area contributed by atoms with Crippen LogP contribution < -0.4 is 10.0 Å². The van der Waals surface area contributed by atoms with Crippen LogP contribution in [0.3, 0.4) is 0 Å². The Morgan fingerprint density at radius 1 is 1.33 bits per heavy atom. The molecule has 7 heteroatoms. The van der Waals surface area contributed by atoms with Crippen molar-refractivity contribution in [2.75, 3.05) is 13.1 Å². The Kier molecular flexibility index (Phi) is 2.85. The summed E-state index contributed by atoms with van der Waals surface area (Å²) >= 11 is 5.60. The smallest absolute Gasteiger partial charge is 0.243 e. The Balaban J connectivity index is 1.82. The Morgan fingerprint density at radius 3 is 2.61 bits per heavy atom. The summed E-state index contributed by atoms with van der Waals surface area (Å²) in [6.07, 6.45) is 0. The molecule has 1 heterocycles. The summed E-state index contributed by atoms with van der Waals surface area (Å²) in [6, 6.07) is 3.50. The minimum atomic E-state index is -3.80. The maximum absolute atomic E-state index is 13.6. The third-order valence-corrected chi connectivity index (χ3v) is 5.29. The molecule has 0 aromatic heterocycles. The number of piperidine rings is 1. The van der Waals surface area contributed by atoms with Gasteiger partial charge in [0.1, 0.15) is 10.7 Å². The van der Waals surface area contributed by atoms with E-state index in [1.54, 1.807) is 0 Å². The lowest BCUT2D eigenvalue weighted by molar-refractivity contribution is 0.547. The average molecular weight is 291 g/mol. The van der Waals surface area contributed by atoms with E-state index < -0.39 is 15.8 Å². The highest BCUT2D eigenvalue weighted by Gasteiger charge is 2.54. The molecule has 0 amide bonds. The van der Waals surface area contributed by atoms with Gasteiger partial charge in [-0.1, -0.05) is 11.6 Å². The monoisotopic (exact) mass is 290 g/mol. The lowest BCUT2D eigenvalue weighted by Crippen LogP contribution is -2.33. The van der Waals surface area contributed by atoms with Crippen LogP contribution in [0, 0.1) is 17.7 Å². The Bertz CT molecular complexity index is 583. The van der Waals surface area contributed by atoms with Crippen LogP contribution in [0.5, 0.6) is 0 Å². The molecule has 4 nitrogen and oxygen atoms in total. The lowest BCUT2D eigenvalue weighted by Gasteiger charge is -2.09. The second-order valence-electron chi connectivity index (χ2n) is 4.71. The highest BCUT2D eigenvalue weighted by atomic mass is 35.5. The number of hydrogen-bond donors (Lipinski definition) is 2. The van der Waals surface area contributed by atoms with Crippen molar-refractivity contribution in [3.8, 4) is 0 Å². The normalized spacial score (nSPS) is 30.2. The maximum Gasteiger partial charge on any atom is 0.243 e. The van der Waals surface area contributed by atoms with Gasteiger partial charge >= 0.3 is 0 Å². The van der Waals surface area contributed by atoms with Gasteiger partial charge in [-0.2, -0.15) is 0 Å². The van der Waals surface area contributed by atoms with Crippen molar-refractivity contribution >= 4 is 21.6 Å². The van der Waals surface area contributed by atoms with Gasteiger partial charge in [0.15, 0.2) is 0 Å². The zero-order chi connectivity index (χ0) is 12.9. The van der Waals surface area contributed by atoms with E-state index in [1.165, 1.54) is 12.1 Å². The van der Waals surface area contributed by atoms with Crippen molar-refractivity contribution in [2.24, 2.45) is 11.8 Å². The molecular formula is C11H12ClFN2O2S. The first-order chi connectivity index (χ1) is 8.49. The van der Waals surface area contributed by atoms with Crippen LogP contribution in [0.1, 0.15) is 0 Å². The lowest BCUT2D eigenvalue weighted by atomic mass is 10.3. The number of hydrogen-bond acceptors (Lipinski definition) is 3. The van der Waals surface area contributed by atoms with Crippen LogP contribution in [0.4, 0.5) is 4.39 Å². The molecule has 1 aromatic rings. The van der Waals surface area contributed by atoms with E-state index in [-0.39, 0.29) is 16.0 Å². The molecule has 2 unspecified atom stereocenters. The van der Waals surface area contributed by atoms with E-state index in [4.69, 9.17) is 11.6 Å². The van der Waals surface area contributed by atoms with Crippen LogP contribution in [0.25, 0.3) is 0 Å². The van der Waals surface area contributed by atoms with Gasteiger partial charge in [0.25, 0.3) is 0 Å². The zero-order valence-corrected chi connectivity index (χ0v) is 10.9. The third-order valence-electron chi connectivity index (χ3n) is 3.57. The quantitative estimate of drug-likeness (QED) is 0.872. The Hall–Kier alpha value is -0.690. The summed E-state index contributed by atoms with van der Waals surface area (Å²) in [4.78, 5) is -0.343. The van der Waals surface area contributed by atoms with Crippen molar-refractivity contribution in [1.29, 1.82) is 0 Å². The first-order valence-corrected chi connectivity index (χ1v) is 7.53. The molecule has 18 heavy (non-hydrogen) atoms. The molecule has 2 fully saturated rings. The Labute approximate surface area is 110 Å². The summed E-state index contributed by atoms with van der Waals surface area (Å²) in [6.45, 7) is 1.64. The highest BCUT2D eigenvalue weighted by Crippen LogP contribution is 2.42. The second kappa shape index (κ2) is 4.16. The summed E-state index contributed by atoms with van der Waals surface area (Å²) in [5, 5.41) is 3.35. The number of benzene rings is 1. The molecular weight excluding hydrogens is 279 g/mol. The van der Waals surface area contributed by atoms with Gasteiger partial charge in [0.2, 0.25) is 10.0 Å². The molecule has 1 aliphatic carbocycles. The van der Waals surface area contributed by atoms with Gasteiger partial charge in [-0.25, -0.2) is 17.5 Å². The number of fused-ring (bicyclic) bond motifs is 1. The van der Waals surface area contributed by atoms with Crippen LogP contribution >= 0.6 is 11.6 Å². The van der Waals surface area contributed by atoms with Crippen molar-refractivity contribution in [2.45, 2.75) is 10.9 Å². The molecule has 1 aromatic carbocycles. The van der Waals surface area contributed by atoms with Crippen LogP contribution in [0.15, 0.2) is 23.1 Å². The Morgan fingerprint density at radius 2 is 2.00 bits per heavy atom. The van der Waals surface area contributed by atoms with Crippen molar-refractivity contribution in [3.05, 3.63) is 29.0 Å². The zero-order valence-electron chi connectivity index (χ0n) is 9.36. The van der Waals surface area contributed by atoms with E-state index in [0.29, 0.717) is 11.8 Å². The summed E-state index contributed by atoms with van der Waals surface area (Å²) in [7, 11) is -3.80. The van der Waals surface area contributed by atoms with Crippen LogP contribution in [-0.2, 0) is 10.0 Å². The molecule has 3 rings (SSSR count). The van der Waals surface area contributed by atoms with E-state index in [9.17, 15) is 12.8 Å². The molecule has 2 N–H and O–H groups in total. The molecule has 0 radical (unpaired) electrons. The molecule has 1 saturated heterocycles. The van der Waals surface area contributed by atoms with Gasteiger partial charge in [-0.05, 0) is 43.1 Å². The summed E-state index contributed by atoms with van der Waals surface area (Å²) in [5.74, 6) is -0.135. The van der Waals surface area contributed by atoms with Gasteiger partial charge in [-0.15, -0.1) is 0 Å². The average Bonchev–Trinajstić information content (AvgIpc) is 2.74. The van der Waals surface area contributed by atoms with Crippen LogP contribution in [0.2, 0.25) is 5.02 Å². The summed E-state index contributed by atoms with van der Waals surface area (Å²) in [5.41, 5.74) is 0. The topological polar surface area (TPSA) is 58.2 Å². The predicted octanol–water partition coefficient (Wildman–Crippen LogP) is 0.975. The third kappa shape index (κ3) is 2.03. The summed E-state index contributed by atoms with van der Waals surface area (Å²) < 4.78 is 40.2. The van der Waals surface area contributed by atoms with Crippen molar-refractivity contribution in [1.82, 2.24) is 10.0 Å². The van der Waals surface area contributed by atoms with Gasteiger partial charge < -0.3 is 5.32 Å². The SMILES string of the molecule is O=S(=O)(NC1C2CNCC21)c1ccc(Cl)cc1F. The van der Waals surface area contributed by atoms with E-state index >= 15 is 0 Å². The molecule has 0 spiro atoms. The molecule has 1 aliphatic heterocycles. The minimum Gasteiger partial charge on any atom is -0.316 e. The van der Waals surface area contributed by atoms with Crippen molar-refractivity contribution in [3.63, 3.8) is 0 Å².